The van der Waals surface area contributed by atoms with E-state index in [2.05, 4.69) is 51.9 Å². The summed E-state index contributed by atoms with van der Waals surface area (Å²) in [6.07, 6.45) is 3.41. The molecule has 0 spiro atoms. The Bertz CT molecular complexity index is 1090. The van der Waals surface area contributed by atoms with Crippen LogP contribution in [0.2, 0.25) is 0 Å². The minimum Gasteiger partial charge on any atom is -0.361 e. The molecule has 3 rings (SSSR count). The van der Waals surface area contributed by atoms with Gasteiger partial charge in [0.15, 0.2) is 15.8 Å². The number of hydrogen-bond acceptors (Lipinski definition) is 3. The lowest BCUT2D eigenvalue weighted by atomic mass is 10.1. The van der Waals surface area contributed by atoms with Crippen molar-refractivity contribution in [1.29, 1.82) is 0 Å². The Labute approximate surface area is 178 Å². The second kappa shape index (κ2) is 10.3. The van der Waals surface area contributed by atoms with Gasteiger partial charge in [-0.15, -0.1) is 0 Å². The summed E-state index contributed by atoms with van der Waals surface area (Å²) < 4.78 is 24.7. The molecule has 1 aromatic heterocycles. The average Bonchev–Trinajstić information content (AvgIpc) is 3.13. The first-order valence-corrected chi connectivity index (χ1v) is 12.0. The van der Waals surface area contributed by atoms with E-state index in [-0.39, 0.29) is 5.75 Å². The van der Waals surface area contributed by atoms with Gasteiger partial charge in [-0.05, 0) is 56.0 Å². The van der Waals surface area contributed by atoms with Gasteiger partial charge < -0.3 is 15.6 Å². The number of hydrogen-bond donors (Lipinski definition) is 3. The monoisotopic (exact) mass is 426 g/mol. The predicted molar refractivity (Wildman–Crippen MR) is 124 cm³/mol. The standard InChI is InChI=1S/C23H30N4O2S/c1-3-24-23(25-13-7-15-30(28,29)20-8-5-4-6-9-20)26-14-12-19-17-27-22-16-18(2)10-11-21(19)22/h4-6,8-11,16-17,27H,3,7,12-15H2,1-2H3,(H2,24,25,26). The maximum absolute atomic E-state index is 12.4. The molecule has 30 heavy (non-hydrogen) atoms. The molecule has 3 N–H and O–H groups in total. The summed E-state index contributed by atoms with van der Waals surface area (Å²) in [5.74, 6) is 0.805. The van der Waals surface area contributed by atoms with Crippen LogP contribution in [-0.4, -0.2) is 44.7 Å². The van der Waals surface area contributed by atoms with Gasteiger partial charge in [-0.2, -0.15) is 0 Å². The van der Waals surface area contributed by atoms with Crippen LogP contribution in [0.25, 0.3) is 10.9 Å². The minimum absolute atomic E-state index is 0.0919. The summed E-state index contributed by atoms with van der Waals surface area (Å²) in [5.41, 5.74) is 3.66. The molecule has 0 aliphatic rings. The van der Waals surface area contributed by atoms with E-state index in [1.807, 2.05) is 13.0 Å². The first-order valence-electron chi connectivity index (χ1n) is 10.4. The highest BCUT2D eigenvalue weighted by molar-refractivity contribution is 7.91. The molecule has 3 aromatic rings. The molecule has 0 aliphatic carbocycles. The maximum atomic E-state index is 12.4. The van der Waals surface area contributed by atoms with Gasteiger partial charge in [0.1, 0.15) is 0 Å². The topological polar surface area (TPSA) is 86.3 Å². The second-order valence-corrected chi connectivity index (χ2v) is 9.40. The lowest BCUT2D eigenvalue weighted by molar-refractivity contribution is 0.593. The zero-order valence-corrected chi connectivity index (χ0v) is 18.4. The molecule has 0 bridgehead atoms. The number of guanidine groups is 1. The number of fused-ring (bicyclic) bond motifs is 1. The van der Waals surface area contributed by atoms with Crippen molar-refractivity contribution in [3.8, 4) is 0 Å². The van der Waals surface area contributed by atoms with E-state index in [1.54, 1.807) is 24.3 Å². The summed E-state index contributed by atoms with van der Waals surface area (Å²) in [6.45, 7) is 6.05. The number of aromatic amines is 1. The summed E-state index contributed by atoms with van der Waals surface area (Å²) in [7, 11) is -3.25. The summed E-state index contributed by atoms with van der Waals surface area (Å²) in [6, 6.07) is 15.0. The third kappa shape index (κ3) is 5.86. The second-order valence-electron chi connectivity index (χ2n) is 7.29. The number of rotatable bonds is 9. The molecule has 160 valence electrons. The van der Waals surface area contributed by atoms with Crippen molar-refractivity contribution < 1.29 is 8.42 Å². The molecular formula is C23H30N4O2S. The SMILES string of the molecule is CCNC(=NCCCS(=O)(=O)c1ccccc1)NCCc1c[nH]c2cc(C)ccc12. The molecule has 0 amide bonds. The average molecular weight is 427 g/mol. The van der Waals surface area contributed by atoms with Crippen LogP contribution in [0.1, 0.15) is 24.5 Å². The van der Waals surface area contributed by atoms with E-state index in [9.17, 15) is 8.42 Å². The zero-order valence-electron chi connectivity index (χ0n) is 17.6. The normalized spacial score (nSPS) is 12.3. The van der Waals surface area contributed by atoms with E-state index < -0.39 is 9.84 Å². The summed E-state index contributed by atoms with van der Waals surface area (Å²) in [4.78, 5) is 8.22. The van der Waals surface area contributed by atoms with Gasteiger partial charge in [-0.1, -0.05) is 30.3 Å². The van der Waals surface area contributed by atoms with E-state index in [0.29, 0.717) is 23.8 Å². The number of sulfone groups is 1. The maximum Gasteiger partial charge on any atom is 0.191 e. The molecule has 0 saturated heterocycles. The lowest BCUT2D eigenvalue weighted by Crippen LogP contribution is -2.38. The molecule has 0 atom stereocenters. The van der Waals surface area contributed by atoms with Crippen LogP contribution < -0.4 is 10.6 Å². The van der Waals surface area contributed by atoms with Crippen LogP contribution in [0.4, 0.5) is 0 Å². The fourth-order valence-corrected chi connectivity index (χ4v) is 4.67. The van der Waals surface area contributed by atoms with Gasteiger partial charge in [0.05, 0.1) is 10.6 Å². The highest BCUT2D eigenvalue weighted by Crippen LogP contribution is 2.19. The highest BCUT2D eigenvalue weighted by atomic mass is 32.2. The molecule has 0 aliphatic heterocycles. The van der Waals surface area contributed by atoms with Crippen molar-refractivity contribution in [1.82, 2.24) is 15.6 Å². The lowest BCUT2D eigenvalue weighted by Gasteiger charge is -2.11. The van der Waals surface area contributed by atoms with Crippen molar-refractivity contribution in [3.63, 3.8) is 0 Å². The molecule has 0 fully saturated rings. The Morgan fingerprint density at radius 1 is 1.10 bits per heavy atom. The minimum atomic E-state index is -3.25. The molecule has 6 nitrogen and oxygen atoms in total. The number of aliphatic imine (C=N–C) groups is 1. The fraction of sp³-hybridized carbons (Fsp3) is 0.348. The molecular weight excluding hydrogens is 396 g/mol. The predicted octanol–water partition coefficient (Wildman–Crippen LogP) is 3.44. The van der Waals surface area contributed by atoms with Gasteiger partial charge in [0.25, 0.3) is 0 Å². The number of nitrogens with one attached hydrogen (secondary N) is 3. The molecule has 0 unspecified atom stereocenters. The van der Waals surface area contributed by atoms with Crippen LogP contribution in [0.3, 0.4) is 0 Å². The first-order chi connectivity index (χ1) is 14.5. The Kier molecular flexibility index (Phi) is 7.52. The smallest absolute Gasteiger partial charge is 0.191 e. The zero-order chi connectivity index (χ0) is 21.4. The highest BCUT2D eigenvalue weighted by Gasteiger charge is 2.13. The van der Waals surface area contributed by atoms with E-state index >= 15 is 0 Å². The van der Waals surface area contributed by atoms with E-state index in [0.717, 1.165) is 25.0 Å². The van der Waals surface area contributed by atoms with Crippen LogP contribution in [-0.2, 0) is 16.3 Å². The quantitative estimate of drug-likeness (QED) is 0.278. The van der Waals surface area contributed by atoms with Gasteiger partial charge in [0, 0.05) is 36.7 Å². The van der Waals surface area contributed by atoms with Crippen molar-refractivity contribution in [3.05, 3.63) is 65.9 Å². The number of benzene rings is 2. The Morgan fingerprint density at radius 2 is 1.90 bits per heavy atom. The van der Waals surface area contributed by atoms with Crippen LogP contribution in [0.5, 0.6) is 0 Å². The number of nitrogens with zero attached hydrogens (tertiary/aromatic N) is 1. The van der Waals surface area contributed by atoms with Gasteiger partial charge in [-0.25, -0.2) is 8.42 Å². The fourth-order valence-electron chi connectivity index (χ4n) is 3.36. The number of H-pyrrole nitrogens is 1. The molecule has 0 saturated carbocycles. The van der Waals surface area contributed by atoms with E-state index in [1.165, 1.54) is 16.5 Å². The van der Waals surface area contributed by atoms with Crippen LogP contribution in [0, 0.1) is 6.92 Å². The Morgan fingerprint density at radius 3 is 2.67 bits per heavy atom. The largest absolute Gasteiger partial charge is 0.361 e. The number of aromatic nitrogens is 1. The van der Waals surface area contributed by atoms with Crippen molar-refractivity contribution in [2.24, 2.45) is 4.99 Å². The third-order valence-electron chi connectivity index (χ3n) is 4.90. The molecule has 7 heteroatoms. The van der Waals surface area contributed by atoms with Crippen LogP contribution in [0.15, 0.2) is 64.6 Å². The third-order valence-corrected chi connectivity index (χ3v) is 6.71. The molecule has 0 radical (unpaired) electrons. The van der Waals surface area contributed by atoms with Crippen molar-refractivity contribution in [2.75, 3.05) is 25.4 Å². The van der Waals surface area contributed by atoms with E-state index in [4.69, 9.17) is 0 Å². The van der Waals surface area contributed by atoms with Crippen molar-refractivity contribution in [2.45, 2.75) is 31.6 Å². The Balaban J connectivity index is 1.50. The summed E-state index contributed by atoms with van der Waals surface area (Å²) >= 11 is 0. The Hall–Kier alpha value is -2.80. The molecule has 1 heterocycles. The summed E-state index contributed by atoms with van der Waals surface area (Å²) in [5, 5.41) is 7.80. The first kappa shape index (κ1) is 21.9. The van der Waals surface area contributed by atoms with Crippen molar-refractivity contribution >= 4 is 26.7 Å². The van der Waals surface area contributed by atoms with Crippen LogP contribution >= 0.6 is 0 Å². The van der Waals surface area contributed by atoms with Gasteiger partial charge in [-0.3, -0.25) is 4.99 Å². The number of aryl methyl sites for hydroxylation is 1. The van der Waals surface area contributed by atoms with Gasteiger partial charge >= 0.3 is 0 Å². The molecule has 2 aromatic carbocycles. The van der Waals surface area contributed by atoms with Gasteiger partial charge in [0.2, 0.25) is 0 Å².